The second-order valence-corrected chi connectivity index (χ2v) is 7.12. The van der Waals surface area contributed by atoms with E-state index >= 15 is 0 Å². The first-order valence-corrected chi connectivity index (χ1v) is 8.66. The number of halogens is 1. The van der Waals surface area contributed by atoms with E-state index in [1.807, 2.05) is 30.3 Å². The number of nitrogens with one attached hydrogen (secondary N) is 2. The number of thiazole rings is 1. The normalized spacial score (nSPS) is 10.5. The Balaban J connectivity index is 1.82. The Morgan fingerprint density at radius 1 is 1.13 bits per heavy atom. The van der Waals surface area contributed by atoms with Gasteiger partial charge >= 0.3 is 0 Å². The zero-order valence-corrected chi connectivity index (χ0v) is 15.1. The van der Waals surface area contributed by atoms with Crippen molar-refractivity contribution in [2.45, 2.75) is 6.92 Å². The molecule has 0 aliphatic heterocycles. The lowest BCUT2D eigenvalue weighted by molar-refractivity contribution is -0.114. The molecule has 2 N–H and O–H groups in total. The van der Waals surface area contributed by atoms with Crippen LogP contribution in [0.15, 0.2) is 42.5 Å². The van der Waals surface area contributed by atoms with Gasteiger partial charge in [0, 0.05) is 21.7 Å². The van der Waals surface area contributed by atoms with E-state index in [9.17, 15) is 9.59 Å². The molecule has 0 saturated heterocycles. The number of amides is 2. The number of hydrogen-bond acceptors (Lipinski definition) is 4. The maximum Gasteiger partial charge on any atom is 0.255 e. The summed E-state index contributed by atoms with van der Waals surface area (Å²) in [5.74, 6) is -0.314. The van der Waals surface area contributed by atoms with Crippen LogP contribution in [-0.4, -0.2) is 16.8 Å². The molecule has 7 heteroatoms. The zero-order valence-electron chi connectivity index (χ0n) is 12.1. The van der Waals surface area contributed by atoms with Crippen molar-refractivity contribution in [3.05, 3.63) is 51.6 Å². The maximum atomic E-state index is 12.3. The lowest BCUT2D eigenvalue weighted by atomic mass is 10.2. The SMILES string of the molecule is CC(=O)Nc1nc2ccc(NC(=O)c3cccc(I)c3)cc2s1. The van der Waals surface area contributed by atoms with Crippen LogP contribution < -0.4 is 10.6 Å². The van der Waals surface area contributed by atoms with E-state index in [1.54, 1.807) is 12.1 Å². The molecule has 2 aromatic carbocycles. The van der Waals surface area contributed by atoms with Crippen LogP contribution >= 0.6 is 33.9 Å². The lowest BCUT2D eigenvalue weighted by Gasteiger charge is -2.05. The quantitative estimate of drug-likeness (QED) is 0.606. The highest BCUT2D eigenvalue weighted by Crippen LogP contribution is 2.28. The van der Waals surface area contributed by atoms with Gasteiger partial charge < -0.3 is 10.6 Å². The Morgan fingerprint density at radius 3 is 2.70 bits per heavy atom. The fraction of sp³-hybridized carbons (Fsp3) is 0.0625. The van der Waals surface area contributed by atoms with Crippen LogP contribution in [0.5, 0.6) is 0 Å². The molecule has 0 fully saturated rings. The van der Waals surface area contributed by atoms with Gasteiger partial charge in [-0.1, -0.05) is 17.4 Å². The van der Waals surface area contributed by atoms with E-state index < -0.39 is 0 Å². The molecule has 1 heterocycles. The average Bonchev–Trinajstić information content (AvgIpc) is 2.87. The Bertz CT molecular complexity index is 907. The molecule has 0 saturated carbocycles. The molecule has 3 rings (SSSR count). The molecule has 1 aromatic heterocycles. The monoisotopic (exact) mass is 437 g/mol. The Hall–Kier alpha value is -2.00. The molecular weight excluding hydrogens is 425 g/mol. The van der Waals surface area contributed by atoms with Gasteiger partial charge in [0.1, 0.15) is 0 Å². The van der Waals surface area contributed by atoms with E-state index in [-0.39, 0.29) is 11.8 Å². The molecule has 0 aliphatic carbocycles. The topological polar surface area (TPSA) is 71.1 Å². The number of aromatic nitrogens is 1. The molecular formula is C16H12IN3O2S. The summed E-state index contributed by atoms with van der Waals surface area (Å²) in [7, 11) is 0. The summed E-state index contributed by atoms with van der Waals surface area (Å²) in [6.07, 6.45) is 0. The number of hydrogen-bond donors (Lipinski definition) is 2. The minimum absolute atomic E-state index is 0.156. The van der Waals surface area contributed by atoms with Crippen LogP contribution in [0.4, 0.5) is 10.8 Å². The molecule has 0 radical (unpaired) electrons. The van der Waals surface area contributed by atoms with Crippen LogP contribution in [0.1, 0.15) is 17.3 Å². The molecule has 23 heavy (non-hydrogen) atoms. The second-order valence-electron chi connectivity index (χ2n) is 4.85. The fourth-order valence-electron chi connectivity index (χ4n) is 2.04. The van der Waals surface area contributed by atoms with Crippen molar-refractivity contribution >= 4 is 66.8 Å². The second kappa shape index (κ2) is 6.63. The standard InChI is InChI=1S/C16H12IN3O2S/c1-9(21)18-16-20-13-6-5-12(8-14(13)23-16)19-15(22)10-3-2-4-11(17)7-10/h2-8H,1H3,(H,19,22)(H,18,20,21). The summed E-state index contributed by atoms with van der Waals surface area (Å²) in [5.41, 5.74) is 2.09. The maximum absolute atomic E-state index is 12.3. The van der Waals surface area contributed by atoms with Gasteiger partial charge in [-0.25, -0.2) is 4.98 Å². The van der Waals surface area contributed by atoms with Crippen LogP contribution in [0, 0.1) is 3.57 Å². The summed E-state index contributed by atoms with van der Waals surface area (Å²) in [6, 6.07) is 12.9. The highest BCUT2D eigenvalue weighted by molar-refractivity contribution is 14.1. The number of benzene rings is 2. The Kier molecular flexibility index (Phi) is 4.58. The number of anilines is 2. The lowest BCUT2D eigenvalue weighted by Crippen LogP contribution is -2.11. The zero-order chi connectivity index (χ0) is 16.4. The van der Waals surface area contributed by atoms with Crippen molar-refractivity contribution in [1.29, 1.82) is 0 Å². The first kappa shape index (κ1) is 15.9. The van der Waals surface area contributed by atoms with Gasteiger partial charge in [0.25, 0.3) is 5.91 Å². The van der Waals surface area contributed by atoms with Crippen molar-refractivity contribution in [2.75, 3.05) is 10.6 Å². The summed E-state index contributed by atoms with van der Waals surface area (Å²) < 4.78 is 1.90. The Morgan fingerprint density at radius 2 is 1.96 bits per heavy atom. The third kappa shape index (κ3) is 3.85. The van der Waals surface area contributed by atoms with Gasteiger partial charge in [0.2, 0.25) is 5.91 Å². The largest absolute Gasteiger partial charge is 0.322 e. The summed E-state index contributed by atoms with van der Waals surface area (Å²) in [6.45, 7) is 1.44. The third-order valence-electron chi connectivity index (χ3n) is 3.02. The molecule has 0 atom stereocenters. The van der Waals surface area contributed by atoms with Crippen molar-refractivity contribution < 1.29 is 9.59 Å². The van der Waals surface area contributed by atoms with Crippen LogP contribution in [0.3, 0.4) is 0 Å². The number of nitrogens with zero attached hydrogens (tertiary/aromatic N) is 1. The van der Waals surface area contributed by atoms with E-state index in [1.165, 1.54) is 18.3 Å². The third-order valence-corrected chi connectivity index (χ3v) is 4.62. The Labute approximate surface area is 150 Å². The number of carbonyl (C=O) groups is 2. The summed E-state index contributed by atoms with van der Waals surface area (Å²) in [5, 5.41) is 6.09. The van der Waals surface area contributed by atoms with Crippen molar-refractivity contribution in [3.63, 3.8) is 0 Å². The van der Waals surface area contributed by atoms with Crippen LogP contribution in [-0.2, 0) is 4.79 Å². The predicted molar refractivity (Wildman–Crippen MR) is 101 cm³/mol. The minimum atomic E-state index is -0.158. The molecule has 0 bridgehead atoms. The van der Waals surface area contributed by atoms with Gasteiger partial charge in [-0.2, -0.15) is 0 Å². The van der Waals surface area contributed by atoms with Gasteiger partial charge in [0.05, 0.1) is 10.2 Å². The summed E-state index contributed by atoms with van der Waals surface area (Å²) >= 11 is 3.54. The van der Waals surface area contributed by atoms with Crippen molar-refractivity contribution in [1.82, 2.24) is 4.98 Å². The molecule has 0 aliphatic rings. The first-order chi connectivity index (χ1) is 11.0. The van der Waals surface area contributed by atoms with E-state index in [2.05, 4.69) is 38.2 Å². The molecule has 3 aromatic rings. The van der Waals surface area contributed by atoms with Crippen LogP contribution in [0.25, 0.3) is 10.2 Å². The van der Waals surface area contributed by atoms with Crippen molar-refractivity contribution in [2.24, 2.45) is 0 Å². The molecule has 2 amide bonds. The van der Waals surface area contributed by atoms with E-state index in [0.717, 1.165) is 13.8 Å². The van der Waals surface area contributed by atoms with Crippen molar-refractivity contribution in [3.8, 4) is 0 Å². The number of fused-ring (bicyclic) bond motifs is 1. The smallest absolute Gasteiger partial charge is 0.255 e. The van der Waals surface area contributed by atoms with Gasteiger partial charge in [-0.05, 0) is 59.0 Å². The molecule has 0 unspecified atom stereocenters. The number of rotatable bonds is 3. The molecule has 116 valence electrons. The van der Waals surface area contributed by atoms with Gasteiger partial charge in [0.15, 0.2) is 5.13 Å². The minimum Gasteiger partial charge on any atom is -0.322 e. The highest BCUT2D eigenvalue weighted by atomic mass is 127. The highest BCUT2D eigenvalue weighted by Gasteiger charge is 2.09. The molecule has 0 spiro atoms. The molecule has 5 nitrogen and oxygen atoms in total. The van der Waals surface area contributed by atoms with Gasteiger partial charge in [-0.15, -0.1) is 0 Å². The average molecular weight is 437 g/mol. The van der Waals surface area contributed by atoms with E-state index in [0.29, 0.717) is 16.4 Å². The predicted octanol–water partition coefficient (Wildman–Crippen LogP) is 4.11. The first-order valence-electron chi connectivity index (χ1n) is 6.76. The fourth-order valence-corrected chi connectivity index (χ4v) is 3.53. The van der Waals surface area contributed by atoms with Crippen LogP contribution in [0.2, 0.25) is 0 Å². The van der Waals surface area contributed by atoms with Gasteiger partial charge in [-0.3, -0.25) is 9.59 Å². The van der Waals surface area contributed by atoms with E-state index in [4.69, 9.17) is 0 Å². The summed E-state index contributed by atoms with van der Waals surface area (Å²) in [4.78, 5) is 27.7. The number of carbonyl (C=O) groups excluding carboxylic acids is 2.